The van der Waals surface area contributed by atoms with Gasteiger partial charge in [0.15, 0.2) is 0 Å². The number of hydrogen-bond donors (Lipinski definition) is 1. The number of benzene rings is 1. The highest BCUT2D eigenvalue weighted by Crippen LogP contribution is 2.35. The van der Waals surface area contributed by atoms with Crippen LogP contribution in [-0.2, 0) is 4.74 Å². The van der Waals surface area contributed by atoms with E-state index in [1.807, 2.05) is 39.0 Å². The number of fused-ring (bicyclic) bond motifs is 1. The van der Waals surface area contributed by atoms with E-state index in [0.29, 0.717) is 28.2 Å². The third kappa shape index (κ3) is 3.91. The van der Waals surface area contributed by atoms with Crippen LogP contribution in [0.4, 0.5) is 11.5 Å². The minimum atomic E-state index is -0.317. The summed E-state index contributed by atoms with van der Waals surface area (Å²) in [6.07, 6.45) is 1.48. The number of nitrogens with one attached hydrogen (secondary N) is 1. The Labute approximate surface area is 155 Å². The molecule has 1 N–H and O–H groups in total. The third-order valence-corrected chi connectivity index (χ3v) is 4.96. The molecule has 1 aromatic carbocycles. The molecule has 25 heavy (non-hydrogen) atoms. The predicted octanol–water partition coefficient (Wildman–Crippen LogP) is 5.21. The molecule has 0 unspecified atom stereocenters. The van der Waals surface area contributed by atoms with E-state index in [1.165, 1.54) is 17.7 Å². The first-order chi connectivity index (χ1) is 12.0. The lowest BCUT2D eigenvalue weighted by molar-refractivity contribution is 0.0464. The van der Waals surface area contributed by atoms with Gasteiger partial charge in [0.25, 0.3) is 0 Å². The number of rotatable bonds is 5. The predicted molar refractivity (Wildman–Crippen MR) is 102 cm³/mol. The lowest BCUT2D eigenvalue weighted by atomic mass is 10.2. The van der Waals surface area contributed by atoms with Crippen molar-refractivity contribution in [2.45, 2.75) is 20.8 Å². The van der Waals surface area contributed by atoms with Crippen LogP contribution in [0, 0.1) is 12.8 Å². The fourth-order valence-electron chi connectivity index (χ4n) is 2.37. The van der Waals surface area contributed by atoms with Crippen LogP contribution in [0.25, 0.3) is 10.2 Å². The van der Waals surface area contributed by atoms with Gasteiger partial charge in [0.1, 0.15) is 21.9 Å². The zero-order valence-corrected chi connectivity index (χ0v) is 15.7. The smallest absolute Gasteiger partial charge is 0.348 e. The van der Waals surface area contributed by atoms with Gasteiger partial charge in [-0.1, -0.05) is 31.5 Å². The van der Waals surface area contributed by atoms with Crippen LogP contribution in [0.3, 0.4) is 0 Å². The Morgan fingerprint density at radius 1 is 1.36 bits per heavy atom. The molecule has 2 aromatic heterocycles. The number of aryl methyl sites for hydroxylation is 1. The van der Waals surface area contributed by atoms with Crippen molar-refractivity contribution >= 4 is 50.6 Å². The number of anilines is 2. The summed E-state index contributed by atoms with van der Waals surface area (Å²) in [6, 6.07) is 7.38. The van der Waals surface area contributed by atoms with Gasteiger partial charge in [-0.3, -0.25) is 0 Å². The van der Waals surface area contributed by atoms with Gasteiger partial charge in [0.2, 0.25) is 0 Å². The summed E-state index contributed by atoms with van der Waals surface area (Å²) in [7, 11) is 0. The maximum atomic E-state index is 12.4. The number of thiophene rings is 1. The van der Waals surface area contributed by atoms with Crippen molar-refractivity contribution in [1.29, 1.82) is 0 Å². The molecule has 0 radical (unpaired) electrons. The van der Waals surface area contributed by atoms with Gasteiger partial charge in [-0.2, -0.15) is 0 Å². The zero-order valence-electron chi connectivity index (χ0n) is 14.2. The molecule has 5 nitrogen and oxygen atoms in total. The minimum absolute atomic E-state index is 0.290. The van der Waals surface area contributed by atoms with Crippen molar-refractivity contribution in [3.63, 3.8) is 0 Å². The molecule has 0 saturated heterocycles. The number of carbonyl (C=O) groups is 1. The normalized spacial score (nSPS) is 11.1. The molecule has 0 atom stereocenters. The van der Waals surface area contributed by atoms with Gasteiger partial charge < -0.3 is 10.1 Å². The molecule has 7 heteroatoms. The van der Waals surface area contributed by atoms with Crippen LogP contribution in [-0.4, -0.2) is 22.5 Å². The van der Waals surface area contributed by atoms with E-state index in [0.717, 1.165) is 21.5 Å². The van der Waals surface area contributed by atoms with E-state index in [4.69, 9.17) is 16.3 Å². The van der Waals surface area contributed by atoms with Gasteiger partial charge in [-0.15, -0.1) is 11.3 Å². The fraction of sp³-hybridized carbons (Fsp3) is 0.278. The topological polar surface area (TPSA) is 64.1 Å². The average molecular weight is 376 g/mol. The first kappa shape index (κ1) is 17.6. The number of ether oxygens (including phenoxy) is 1. The molecule has 2 heterocycles. The Morgan fingerprint density at radius 2 is 2.16 bits per heavy atom. The summed E-state index contributed by atoms with van der Waals surface area (Å²) in [6.45, 7) is 6.29. The Balaban J connectivity index is 1.97. The van der Waals surface area contributed by atoms with Crippen molar-refractivity contribution in [1.82, 2.24) is 9.97 Å². The molecule has 0 aliphatic heterocycles. The van der Waals surface area contributed by atoms with Crippen molar-refractivity contribution < 1.29 is 9.53 Å². The van der Waals surface area contributed by atoms with Gasteiger partial charge in [0, 0.05) is 10.7 Å². The van der Waals surface area contributed by atoms with Crippen molar-refractivity contribution in [2.24, 2.45) is 5.92 Å². The van der Waals surface area contributed by atoms with E-state index in [1.54, 1.807) is 6.07 Å². The van der Waals surface area contributed by atoms with Crippen LogP contribution >= 0.6 is 22.9 Å². The number of halogens is 1. The molecule has 0 aliphatic carbocycles. The fourth-order valence-corrected chi connectivity index (χ4v) is 3.60. The lowest BCUT2D eigenvalue weighted by Gasteiger charge is -2.08. The highest BCUT2D eigenvalue weighted by molar-refractivity contribution is 7.20. The molecule has 0 amide bonds. The van der Waals surface area contributed by atoms with E-state index < -0.39 is 0 Å². The van der Waals surface area contributed by atoms with Crippen LogP contribution in [0.2, 0.25) is 5.02 Å². The van der Waals surface area contributed by atoms with E-state index in [-0.39, 0.29) is 5.97 Å². The molecular formula is C18H18ClN3O2S. The first-order valence-corrected chi connectivity index (χ1v) is 9.09. The van der Waals surface area contributed by atoms with Gasteiger partial charge >= 0.3 is 5.97 Å². The van der Waals surface area contributed by atoms with Gasteiger partial charge in [-0.05, 0) is 36.6 Å². The highest BCUT2D eigenvalue weighted by Gasteiger charge is 2.20. The summed E-state index contributed by atoms with van der Waals surface area (Å²) < 4.78 is 5.36. The zero-order chi connectivity index (χ0) is 18.0. The largest absolute Gasteiger partial charge is 0.461 e. The Morgan fingerprint density at radius 3 is 2.88 bits per heavy atom. The van der Waals surface area contributed by atoms with Crippen molar-refractivity contribution in [3.05, 3.63) is 46.1 Å². The molecule has 0 aliphatic rings. The first-order valence-electron chi connectivity index (χ1n) is 7.89. The number of aromatic nitrogens is 2. The summed E-state index contributed by atoms with van der Waals surface area (Å²) in [4.78, 5) is 22.3. The summed E-state index contributed by atoms with van der Waals surface area (Å²) in [5.74, 6) is 0.616. The second kappa shape index (κ2) is 7.37. The highest BCUT2D eigenvalue weighted by atomic mass is 35.5. The van der Waals surface area contributed by atoms with Crippen LogP contribution in [0.5, 0.6) is 0 Å². The number of esters is 1. The van der Waals surface area contributed by atoms with Gasteiger partial charge in [-0.25, -0.2) is 14.8 Å². The number of carbonyl (C=O) groups excluding carboxylic acids is 1. The average Bonchev–Trinajstić information content (AvgIpc) is 2.91. The summed E-state index contributed by atoms with van der Waals surface area (Å²) in [5, 5.41) is 4.71. The minimum Gasteiger partial charge on any atom is -0.461 e. The number of hydrogen-bond acceptors (Lipinski definition) is 6. The second-order valence-electron chi connectivity index (χ2n) is 6.09. The molecule has 0 spiro atoms. The molecule has 3 rings (SSSR count). The SMILES string of the molecule is Cc1c(C(=O)OCC(C)C)sc2ncnc(Nc3cccc(Cl)c3)c12. The number of nitrogens with zero attached hydrogens (tertiary/aromatic N) is 2. The quantitative estimate of drug-likeness (QED) is 0.620. The Hall–Kier alpha value is -2.18. The molecule has 0 saturated carbocycles. The Kier molecular flexibility index (Phi) is 5.20. The van der Waals surface area contributed by atoms with Crippen molar-refractivity contribution in [2.75, 3.05) is 11.9 Å². The van der Waals surface area contributed by atoms with E-state index in [2.05, 4.69) is 15.3 Å². The maximum Gasteiger partial charge on any atom is 0.348 e. The maximum absolute atomic E-state index is 12.4. The lowest BCUT2D eigenvalue weighted by Crippen LogP contribution is -2.09. The van der Waals surface area contributed by atoms with Crippen molar-refractivity contribution in [3.8, 4) is 0 Å². The molecular weight excluding hydrogens is 358 g/mol. The molecule has 0 fully saturated rings. The van der Waals surface area contributed by atoms with Gasteiger partial charge in [0.05, 0.1) is 12.0 Å². The van der Waals surface area contributed by atoms with E-state index in [9.17, 15) is 4.79 Å². The summed E-state index contributed by atoms with van der Waals surface area (Å²) >= 11 is 7.35. The monoisotopic (exact) mass is 375 g/mol. The van der Waals surface area contributed by atoms with E-state index >= 15 is 0 Å². The third-order valence-electron chi connectivity index (χ3n) is 3.55. The second-order valence-corrected chi connectivity index (χ2v) is 7.52. The molecule has 3 aromatic rings. The molecule has 130 valence electrons. The molecule has 0 bridgehead atoms. The standard InChI is InChI=1S/C18H18ClN3O2S/c1-10(2)8-24-18(23)15-11(3)14-16(20-9-21-17(14)25-15)22-13-6-4-5-12(19)7-13/h4-7,9-10H,8H2,1-3H3,(H,20,21,22). The van der Waals surface area contributed by atoms with Crippen LogP contribution in [0.15, 0.2) is 30.6 Å². The van der Waals surface area contributed by atoms with Crippen LogP contribution < -0.4 is 5.32 Å². The summed E-state index contributed by atoms with van der Waals surface area (Å²) in [5.41, 5.74) is 1.64. The van der Waals surface area contributed by atoms with Crippen LogP contribution in [0.1, 0.15) is 29.1 Å². The Bertz CT molecular complexity index is 924.